The summed E-state index contributed by atoms with van der Waals surface area (Å²) in [5.41, 5.74) is 3.75. The van der Waals surface area contributed by atoms with Crippen molar-refractivity contribution in [1.29, 1.82) is 0 Å². The van der Waals surface area contributed by atoms with Crippen LogP contribution in [-0.2, 0) is 0 Å². The predicted octanol–water partition coefficient (Wildman–Crippen LogP) is 0.247. The van der Waals surface area contributed by atoms with Crippen molar-refractivity contribution < 1.29 is 4.58 Å². The minimum Gasteiger partial charge on any atom is -0.375 e. The molecule has 60 valence electrons. The van der Waals surface area contributed by atoms with Gasteiger partial charge in [0.25, 0.3) is 0 Å². The third-order valence-electron chi connectivity index (χ3n) is 2.24. The lowest BCUT2D eigenvalue weighted by molar-refractivity contribution is -0.308. The quantitative estimate of drug-likeness (QED) is 0.497. The molecule has 0 fully saturated rings. The van der Waals surface area contributed by atoms with Crippen molar-refractivity contribution in [2.45, 2.75) is 6.92 Å². The van der Waals surface area contributed by atoms with Crippen LogP contribution in [0, 0.1) is 0 Å². The summed E-state index contributed by atoms with van der Waals surface area (Å²) in [6, 6.07) is 0. The summed E-state index contributed by atoms with van der Waals surface area (Å²) in [7, 11) is 0. The predicted molar refractivity (Wildman–Crippen MR) is 46.3 cm³/mol. The third-order valence-corrected chi connectivity index (χ3v) is 2.24. The summed E-state index contributed by atoms with van der Waals surface area (Å²) in [5.74, 6) is 1.20. The smallest absolute Gasteiger partial charge is 0.325 e. The maximum atomic E-state index is 3.35. The van der Waals surface area contributed by atoms with E-state index in [0.29, 0.717) is 0 Å². The average molecular weight is 160 g/mol. The van der Waals surface area contributed by atoms with Gasteiger partial charge in [-0.25, -0.2) is 5.32 Å². The number of fused-ring (bicyclic) bond motifs is 1. The zero-order valence-electron chi connectivity index (χ0n) is 6.89. The van der Waals surface area contributed by atoms with Crippen LogP contribution < -0.4 is 10.6 Å². The number of hydrogen-bond donors (Lipinski definition) is 2. The number of nitrogens with one attached hydrogen (secondary N) is 2. The third kappa shape index (κ3) is 0.733. The fraction of sp³-hybridized carbons (Fsp3) is 0.222. The lowest BCUT2D eigenvalue weighted by Gasteiger charge is -2.16. The van der Waals surface area contributed by atoms with Crippen LogP contribution >= 0.6 is 0 Å². The van der Waals surface area contributed by atoms with E-state index in [1.165, 1.54) is 22.8 Å². The molecule has 0 atom stereocenters. The van der Waals surface area contributed by atoms with Gasteiger partial charge in [-0.05, 0) is 13.0 Å². The minimum absolute atomic E-state index is 0.959. The molecule has 3 aliphatic heterocycles. The molecule has 3 nitrogen and oxygen atoms in total. The highest BCUT2D eigenvalue weighted by atomic mass is 15.3. The highest BCUT2D eigenvalue weighted by Gasteiger charge is 2.33. The van der Waals surface area contributed by atoms with Gasteiger partial charge < -0.3 is 5.32 Å². The fourth-order valence-corrected chi connectivity index (χ4v) is 1.51. The monoisotopic (exact) mass is 160 g/mol. The van der Waals surface area contributed by atoms with Crippen LogP contribution in [0.15, 0.2) is 35.1 Å². The van der Waals surface area contributed by atoms with Crippen molar-refractivity contribution in [3.8, 4) is 0 Å². The topological polar surface area (TPSA) is 27.1 Å². The van der Waals surface area contributed by atoms with Gasteiger partial charge in [-0.1, -0.05) is 5.57 Å². The summed E-state index contributed by atoms with van der Waals surface area (Å²) < 4.78 is 2.08. The molecule has 0 aromatic carbocycles. The molecular formula is C9H10N3+. The summed E-state index contributed by atoms with van der Waals surface area (Å²) in [6.45, 7) is 3.09. The molecule has 0 aromatic heterocycles. The van der Waals surface area contributed by atoms with Crippen molar-refractivity contribution >= 4 is 6.21 Å². The number of rotatable bonds is 0. The van der Waals surface area contributed by atoms with Gasteiger partial charge in [0.15, 0.2) is 11.9 Å². The first-order chi connectivity index (χ1) is 5.83. The zero-order valence-corrected chi connectivity index (χ0v) is 6.89. The lowest BCUT2D eigenvalue weighted by Crippen LogP contribution is -2.30. The Bertz CT molecular complexity index is 383. The van der Waals surface area contributed by atoms with Gasteiger partial charge in [0, 0.05) is 6.54 Å². The summed E-state index contributed by atoms with van der Waals surface area (Å²) in [4.78, 5) is 0. The molecule has 0 aromatic rings. The Hall–Kier alpha value is -1.51. The molecule has 3 rings (SSSR count). The first kappa shape index (κ1) is 6.06. The van der Waals surface area contributed by atoms with Gasteiger partial charge in [-0.3, -0.25) is 0 Å². The second-order valence-electron chi connectivity index (χ2n) is 3.35. The van der Waals surface area contributed by atoms with Gasteiger partial charge in [0.2, 0.25) is 0 Å². The standard InChI is InChI=1S/C9H9N3/c1-6-2-7-8(10-3-6)4-12-5-9(12)11-7/h2,4-5,10H,3H2,1H3/p+1. The van der Waals surface area contributed by atoms with E-state index in [1.54, 1.807) is 0 Å². The summed E-state index contributed by atoms with van der Waals surface area (Å²) in [5, 5.41) is 6.67. The number of allylic oxidation sites excluding steroid dienone is 2. The van der Waals surface area contributed by atoms with Crippen molar-refractivity contribution in [2.75, 3.05) is 6.54 Å². The van der Waals surface area contributed by atoms with E-state index in [0.717, 1.165) is 6.54 Å². The highest BCUT2D eigenvalue weighted by molar-refractivity contribution is 5.79. The van der Waals surface area contributed by atoms with E-state index >= 15 is 0 Å². The van der Waals surface area contributed by atoms with Crippen molar-refractivity contribution in [3.63, 3.8) is 0 Å². The highest BCUT2D eigenvalue weighted by Crippen LogP contribution is 2.20. The van der Waals surface area contributed by atoms with Crippen LogP contribution in [0.4, 0.5) is 0 Å². The molecule has 3 heteroatoms. The number of nitrogens with zero attached hydrogens (tertiary/aromatic N) is 1. The minimum atomic E-state index is 0.959. The first-order valence-corrected chi connectivity index (χ1v) is 4.10. The average Bonchev–Trinajstić information content (AvgIpc) is 2.77. The van der Waals surface area contributed by atoms with Crippen LogP contribution in [0.5, 0.6) is 0 Å². The van der Waals surface area contributed by atoms with Crippen LogP contribution in [0.25, 0.3) is 0 Å². The Morgan fingerprint density at radius 2 is 2.33 bits per heavy atom. The molecule has 0 amide bonds. The number of hydrogen-bond acceptors (Lipinski definition) is 2. The molecule has 0 saturated heterocycles. The van der Waals surface area contributed by atoms with Crippen molar-refractivity contribution in [1.82, 2.24) is 10.6 Å². The van der Waals surface area contributed by atoms with Gasteiger partial charge >= 0.3 is 5.82 Å². The van der Waals surface area contributed by atoms with Crippen LogP contribution in [-0.4, -0.2) is 17.3 Å². The second kappa shape index (κ2) is 1.80. The molecule has 0 spiro atoms. The molecule has 0 bridgehead atoms. The van der Waals surface area contributed by atoms with E-state index in [1.807, 2.05) is 0 Å². The largest absolute Gasteiger partial charge is 0.375 e. The summed E-state index contributed by atoms with van der Waals surface area (Å²) >= 11 is 0. The molecule has 2 N–H and O–H groups in total. The zero-order chi connectivity index (χ0) is 8.13. The molecule has 12 heavy (non-hydrogen) atoms. The van der Waals surface area contributed by atoms with E-state index in [-0.39, 0.29) is 0 Å². The van der Waals surface area contributed by atoms with E-state index in [9.17, 15) is 0 Å². The van der Waals surface area contributed by atoms with Crippen molar-refractivity contribution in [3.05, 3.63) is 35.1 Å². The summed E-state index contributed by atoms with van der Waals surface area (Å²) in [6.07, 6.45) is 6.38. The molecule has 0 unspecified atom stereocenters. The second-order valence-corrected chi connectivity index (χ2v) is 3.35. The molecule has 0 saturated carbocycles. The Balaban J connectivity index is 2.05. The molecule has 3 heterocycles. The van der Waals surface area contributed by atoms with Gasteiger partial charge in [0.05, 0.1) is 0 Å². The maximum Gasteiger partial charge on any atom is 0.325 e. The Morgan fingerprint density at radius 3 is 3.25 bits per heavy atom. The Morgan fingerprint density at radius 1 is 1.42 bits per heavy atom. The Kier molecular flexibility index (Phi) is 0.909. The maximum absolute atomic E-state index is 3.35. The van der Waals surface area contributed by atoms with Crippen LogP contribution in [0.3, 0.4) is 0 Å². The lowest BCUT2D eigenvalue weighted by atomic mass is 10.1. The SMILES string of the molecule is CC1=CC2=C(C=[N+]3C=C3N2)NC1. The number of dihydropyridines is 1. The van der Waals surface area contributed by atoms with Crippen LogP contribution in [0.2, 0.25) is 0 Å². The normalized spacial score (nSPS) is 23.9. The molecule has 0 aliphatic carbocycles. The van der Waals surface area contributed by atoms with Crippen LogP contribution in [0.1, 0.15) is 6.92 Å². The molecule has 0 radical (unpaired) electrons. The van der Waals surface area contributed by atoms with Gasteiger partial charge in [0.1, 0.15) is 11.9 Å². The molecular weight excluding hydrogens is 150 g/mol. The van der Waals surface area contributed by atoms with Crippen molar-refractivity contribution in [2.24, 2.45) is 0 Å². The van der Waals surface area contributed by atoms with E-state index in [2.05, 4.69) is 40.6 Å². The first-order valence-electron chi connectivity index (χ1n) is 4.10. The fourth-order valence-electron chi connectivity index (χ4n) is 1.51. The Labute approximate surface area is 70.8 Å². The molecule has 3 aliphatic rings. The van der Waals surface area contributed by atoms with Gasteiger partial charge in [-0.15, -0.1) is 0 Å². The van der Waals surface area contributed by atoms with E-state index < -0.39 is 0 Å². The van der Waals surface area contributed by atoms with Gasteiger partial charge in [-0.2, -0.15) is 4.58 Å². The van der Waals surface area contributed by atoms with E-state index in [4.69, 9.17) is 0 Å².